The number of methoxy groups -OCH3 is 1. The van der Waals surface area contributed by atoms with Gasteiger partial charge in [0.15, 0.2) is 6.26 Å². The number of ether oxygens (including phenoxy) is 2. The Morgan fingerprint density at radius 3 is 2.06 bits per heavy atom. The third-order valence-corrected chi connectivity index (χ3v) is 5.18. The number of rotatable bonds is 5. The van der Waals surface area contributed by atoms with E-state index in [-0.39, 0.29) is 23.2 Å². The summed E-state index contributed by atoms with van der Waals surface area (Å²) in [6.45, 7) is 12.4. The van der Waals surface area contributed by atoms with Gasteiger partial charge in [0.1, 0.15) is 11.5 Å². The first-order chi connectivity index (χ1) is 14.9. The summed E-state index contributed by atoms with van der Waals surface area (Å²) >= 11 is 0. The average molecular weight is 438 g/mol. The maximum Gasteiger partial charge on any atom is 0.309 e. The average Bonchev–Trinajstić information content (AvgIpc) is 3.16. The Morgan fingerprint density at radius 2 is 1.56 bits per heavy atom. The highest BCUT2D eigenvalue weighted by Crippen LogP contribution is 2.42. The monoisotopic (exact) mass is 437 g/mol. The van der Waals surface area contributed by atoms with E-state index in [2.05, 4.69) is 51.3 Å². The zero-order valence-corrected chi connectivity index (χ0v) is 19.8. The molecule has 1 heterocycles. The molecule has 0 unspecified atom stereocenters. The fourth-order valence-electron chi connectivity index (χ4n) is 3.37. The summed E-state index contributed by atoms with van der Waals surface area (Å²) in [5.74, 6) is 1.33. The minimum Gasteiger partial charge on any atom is -0.507 e. The molecule has 3 aromatic rings. The van der Waals surface area contributed by atoms with Gasteiger partial charge in [-0.1, -0.05) is 53.7 Å². The Morgan fingerprint density at radius 1 is 1.00 bits per heavy atom. The Bertz CT molecular complexity index is 1060. The van der Waals surface area contributed by atoms with Gasteiger partial charge in [-0.15, -0.1) is 0 Å². The quantitative estimate of drug-likeness (QED) is 0.482. The Kier molecular flexibility index (Phi) is 6.35. The van der Waals surface area contributed by atoms with Crippen LogP contribution in [0.15, 0.2) is 47.1 Å². The molecule has 0 amide bonds. The maximum atomic E-state index is 11.4. The first kappa shape index (κ1) is 23.4. The zero-order valence-electron chi connectivity index (χ0n) is 19.8. The number of hydrogen-bond donors (Lipinski definition) is 1. The van der Waals surface area contributed by atoms with E-state index in [1.165, 1.54) is 13.4 Å². The molecule has 0 atom stereocenters. The lowest BCUT2D eigenvalue weighted by Crippen LogP contribution is -2.17. The smallest absolute Gasteiger partial charge is 0.309 e. The standard InChI is InChI=1S/C26H31NO5/c1-25(2,3)19-13-17(14-20(23(19)29)26(4,5)6)24-27-21(15-31-24)32-18-10-8-16(9-11-18)12-22(28)30-7/h8-11,13-15,29H,12H2,1-7H3. The van der Waals surface area contributed by atoms with Crippen LogP contribution in [0.3, 0.4) is 0 Å². The normalized spacial score (nSPS) is 12.0. The molecule has 0 bridgehead atoms. The fraction of sp³-hybridized carbons (Fsp3) is 0.385. The molecular weight excluding hydrogens is 406 g/mol. The van der Waals surface area contributed by atoms with E-state index < -0.39 is 0 Å². The third-order valence-electron chi connectivity index (χ3n) is 5.18. The van der Waals surface area contributed by atoms with E-state index >= 15 is 0 Å². The summed E-state index contributed by atoms with van der Waals surface area (Å²) in [5.41, 5.74) is 2.78. The van der Waals surface area contributed by atoms with Crippen molar-refractivity contribution in [1.82, 2.24) is 4.98 Å². The molecule has 0 aliphatic carbocycles. The number of nitrogens with zero attached hydrogens (tertiary/aromatic N) is 1. The van der Waals surface area contributed by atoms with Gasteiger partial charge in [0, 0.05) is 16.7 Å². The van der Waals surface area contributed by atoms with Gasteiger partial charge >= 0.3 is 5.97 Å². The number of carbonyl (C=O) groups excluding carboxylic acids is 1. The van der Waals surface area contributed by atoms with Crippen molar-refractivity contribution >= 4 is 5.97 Å². The number of benzene rings is 2. The first-order valence-corrected chi connectivity index (χ1v) is 10.6. The number of esters is 1. The molecule has 170 valence electrons. The first-order valence-electron chi connectivity index (χ1n) is 10.6. The molecule has 0 spiro atoms. The molecule has 1 N–H and O–H groups in total. The molecule has 0 saturated carbocycles. The van der Waals surface area contributed by atoms with E-state index in [4.69, 9.17) is 9.15 Å². The van der Waals surface area contributed by atoms with Gasteiger partial charge in [0.25, 0.3) is 5.88 Å². The van der Waals surface area contributed by atoms with Crippen LogP contribution in [0.4, 0.5) is 0 Å². The van der Waals surface area contributed by atoms with E-state index in [1.54, 1.807) is 24.3 Å². The topological polar surface area (TPSA) is 81.8 Å². The van der Waals surface area contributed by atoms with Crippen LogP contribution in [0.1, 0.15) is 58.2 Å². The van der Waals surface area contributed by atoms with Gasteiger partial charge < -0.3 is 19.0 Å². The summed E-state index contributed by atoms with van der Waals surface area (Å²) < 4.78 is 16.2. The Labute approximate surface area is 189 Å². The van der Waals surface area contributed by atoms with Crippen LogP contribution >= 0.6 is 0 Å². The molecule has 32 heavy (non-hydrogen) atoms. The highest BCUT2D eigenvalue weighted by Gasteiger charge is 2.27. The zero-order chi connectivity index (χ0) is 23.7. The maximum absolute atomic E-state index is 11.4. The van der Waals surface area contributed by atoms with Crippen LogP contribution in [-0.2, 0) is 26.8 Å². The Balaban J connectivity index is 1.89. The summed E-state index contributed by atoms with van der Waals surface area (Å²) in [6, 6.07) is 11.0. The third kappa shape index (κ3) is 5.31. The van der Waals surface area contributed by atoms with E-state index in [1.807, 2.05) is 12.1 Å². The van der Waals surface area contributed by atoms with E-state index in [0.717, 1.165) is 22.3 Å². The number of aromatic nitrogens is 1. The fourth-order valence-corrected chi connectivity index (χ4v) is 3.37. The largest absolute Gasteiger partial charge is 0.507 e. The van der Waals surface area contributed by atoms with Gasteiger partial charge in [-0.3, -0.25) is 4.79 Å². The van der Waals surface area contributed by atoms with Gasteiger partial charge in [0.2, 0.25) is 5.89 Å². The van der Waals surface area contributed by atoms with Crippen molar-refractivity contribution in [2.75, 3.05) is 7.11 Å². The molecule has 0 aliphatic heterocycles. The highest BCUT2D eigenvalue weighted by atomic mass is 16.5. The highest BCUT2D eigenvalue weighted by molar-refractivity contribution is 5.72. The SMILES string of the molecule is COC(=O)Cc1ccc(Oc2coc(-c3cc(C(C)(C)C)c(O)c(C(C)(C)C)c3)n2)cc1. The number of oxazole rings is 1. The van der Waals surface area contributed by atoms with Crippen LogP contribution in [-0.4, -0.2) is 23.2 Å². The number of carbonyl (C=O) groups is 1. The van der Waals surface area contributed by atoms with Gasteiger partial charge in [-0.25, -0.2) is 0 Å². The van der Waals surface area contributed by atoms with Crippen LogP contribution in [0, 0.1) is 0 Å². The van der Waals surface area contributed by atoms with Crippen LogP contribution in [0.2, 0.25) is 0 Å². The predicted octanol–water partition coefficient (Wildman–Crippen LogP) is 6.15. The van der Waals surface area contributed by atoms with Crippen molar-refractivity contribution in [1.29, 1.82) is 0 Å². The minimum absolute atomic E-state index is 0.206. The lowest BCUT2D eigenvalue weighted by molar-refractivity contribution is -0.139. The van der Waals surface area contributed by atoms with Crippen LogP contribution < -0.4 is 4.74 Å². The lowest BCUT2D eigenvalue weighted by atomic mass is 9.78. The van der Waals surface area contributed by atoms with Gasteiger partial charge in [-0.05, 0) is 40.7 Å². The van der Waals surface area contributed by atoms with Crippen molar-refractivity contribution in [3.63, 3.8) is 0 Å². The number of phenols is 1. The molecular formula is C26H31NO5. The number of aromatic hydroxyl groups is 1. The second kappa shape index (κ2) is 8.69. The number of hydrogen-bond acceptors (Lipinski definition) is 6. The summed E-state index contributed by atoms with van der Waals surface area (Å²) in [6.07, 6.45) is 1.66. The molecule has 0 saturated heterocycles. The number of phenolic OH excluding ortho intramolecular Hbond substituents is 1. The molecule has 3 rings (SSSR count). The van der Waals surface area contributed by atoms with E-state index in [0.29, 0.717) is 23.3 Å². The van der Waals surface area contributed by atoms with Crippen molar-refractivity contribution < 1.29 is 23.8 Å². The molecule has 6 heteroatoms. The second-order valence-electron chi connectivity index (χ2n) is 9.91. The molecule has 0 radical (unpaired) electrons. The van der Waals surface area contributed by atoms with Gasteiger partial charge in [-0.2, -0.15) is 4.98 Å². The Hall–Kier alpha value is -3.28. The van der Waals surface area contributed by atoms with Crippen LogP contribution in [0.25, 0.3) is 11.5 Å². The molecule has 2 aromatic carbocycles. The lowest BCUT2D eigenvalue weighted by Gasteiger charge is -2.27. The molecule has 0 fully saturated rings. The second-order valence-corrected chi connectivity index (χ2v) is 9.91. The van der Waals surface area contributed by atoms with Crippen molar-refractivity contribution in [3.8, 4) is 28.8 Å². The summed E-state index contributed by atoms with van der Waals surface area (Å²) in [5, 5.41) is 10.9. The summed E-state index contributed by atoms with van der Waals surface area (Å²) in [7, 11) is 1.37. The van der Waals surface area contributed by atoms with Crippen molar-refractivity contribution in [2.45, 2.75) is 58.8 Å². The van der Waals surface area contributed by atoms with E-state index in [9.17, 15) is 9.90 Å². The van der Waals surface area contributed by atoms with Crippen molar-refractivity contribution in [2.24, 2.45) is 0 Å². The van der Waals surface area contributed by atoms with Gasteiger partial charge in [0.05, 0.1) is 13.5 Å². The summed E-state index contributed by atoms with van der Waals surface area (Å²) in [4.78, 5) is 15.9. The minimum atomic E-state index is -0.294. The van der Waals surface area contributed by atoms with Crippen molar-refractivity contribution in [3.05, 3.63) is 59.4 Å². The predicted molar refractivity (Wildman–Crippen MR) is 123 cm³/mol. The van der Waals surface area contributed by atoms with Crippen LogP contribution in [0.5, 0.6) is 17.4 Å². The molecule has 0 aliphatic rings. The molecule has 6 nitrogen and oxygen atoms in total. The molecule has 1 aromatic heterocycles.